The molecule has 0 spiro atoms. The average Bonchev–Trinajstić information content (AvgIpc) is 2.52. The molecule has 0 radical (unpaired) electrons. The number of benzene rings is 1. The van der Waals surface area contributed by atoms with Crippen LogP contribution in [0.3, 0.4) is 0 Å². The molecule has 5 heteroatoms. The zero-order valence-electron chi connectivity index (χ0n) is 11.9. The lowest BCUT2D eigenvalue weighted by atomic mass is 10.1. The molecule has 0 aromatic heterocycles. The van der Waals surface area contributed by atoms with Crippen molar-refractivity contribution >= 4 is 35.1 Å². The van der Waals surface area contributed by atoms with Crippen molar-refractivity contribution < 1.29 is 4.79 Å². The molecule has 110 valence electrons. The van der Waals surface area contributed by atoms with Gasteiger partial charge in [0.2, 0.25) is 0 Å². The first-order valence-corrected chi connectivity index (χ1v) is 9.32. The highest BCUT2D eigenvalue weighted by Crippen LogP contribution is 2.23. The number of anilines is 1. The van der Waals surface area contributed by atoms with Crippen LogP contribution in [0, 0.1) is 0 Å². The van der Waals surface area contributed by atoms with Gasteiger partial charge in [0.1, 0.15) is 0 Å². The molecule has 1 fully saturated rings. The Hall–Kier alpha value is -0.810. The maximum Gasteiger partial charge on any atom is 0.253 e. The molecule has 1 heterocycles. The van der Waals surface area contributed by atoms with Gasteiger partial charge >= 0.3 is 0 Å². The maximum absolute atomic E-state index is 12.3. The van der Waals surface area contributed by atoms with Gasteiger partial charge in [-0.15, -0.1) is 0 Å². The summed E-state index contributed by atoms with van der Waals surface area (Å²) in [5.41, 5.74) is 1.67. The van der Waals surface area contributed by atoms with Crippen LogP contribution in [0.5, 0.6) is 0 Å². The first-order valence-electron chi connectivity index (χ1n) is 7.11. The van der Waals surface area contributed by atoms with E-state index in [0.717, 1.165) is 36.5 Å². The molecule has 3 nitrogen and oxygen atoms in total. The van der Waals surface area contributed by atoms with Crippen molar-refractivity contribution in [1.82, 2.24) is 5.32 Å². The van der Waals surface area contributed by atoms with Crippen molar-refractivity contribution in [3.8, 4) is 0 Å². The number of hydrogen-bond donors (Lipinski definition) is 2. The van der Waals surface area contributed by atoms with Gasteiger partial charge in [-0.1, -0.05) is 19.1 Å². The van der Waals surface area contributed by atoms with Crippen molar-refractivity contribution in [3.63, 3.8) is 0 Å². The van der Waals surface area contributed by atoms with E-state index in [9.17, 15) is 4.79 Å². The highest BCUT2D eigenvalue weighted by molar-refractivity contribution is 8.06. The summed E-state index contributed by atoms with van der Waals surface area (Å²) in [6.45, 7) is 3.77. The monoisotopic (exact) mass is 310 g/mol. The Balaban J connectivity index is 1.90. The van der Waals surface area contributed by atoms with E-state index in [1.807, 2.05) is 47.8 Å². The molecule has 1 aliphatic rings. The summed E-state index contributed by atoms with van der Waals surface area (Å²) in [6, 6.07) is 7.73. The second-order valence-corrected chi connectivity index (χ2v) is 7.31. The number of para-hydroxylation sites is 1. The smallest absolute Gasteiger partial charge is 0.253 e. The van der Waals surface area contributed by atoms with Crippen LogP contribution in [0.2, 0.25) is 0 Å². The predicted octanol–water partition coefficient (Wildman–Crippen LogP) is 3.09. The van der Waals surface area contributed by atoms with Crippen LogP contribution in [0.4, 0.5) is 5.69 Å². The molecule has 1 atom stereocenters. The van der Waals surface area contributed by atoms with E-state index in [0.29, 0.717) is 5.25 Å². The number of rotatable bonds is 6. The number of amides is 1. The molecular formula is C15H22N2OS2. The van der Waals surface area contributed by atoms with Gasteiger partial charge in [0.15, 0.2) is 0 Å². The van der Waals surface area contributed by atoms with E-state index >= 15 is 0 Å². The Kier molecular flexibility index (Phi) is 6.60. The van der Waals surface area contributed by atoms with E-state index in [4.69, 9.17) is 0 Å². The van der Waals surface area contributed by atoms with Crippen LogP contribution in [0.25, 0.3) is 0 Å². The Labute approximate surface area is 129 Å². The molecule has 0 saturated carbocycles. The predicted molar refractivity (Wildman–Crippen MR) is 91.1 cm³/mol. The molecule has 20 heavy (non-hydrogen) atoms. The van der Waals surface area contributed by atoms with E-state index in [-0.39, 0.29) is 5.91 Å². The molecule has 2 rings (SSSR count). The molecule has 1 unspecified atom stereocenters. The fourth-order valence-corrected chi connectivity index (χ4v) is 4.66. The lowest BCUT2D eigenvalue weighted by Crippen LogP contribution is -2.33. The van der Waals surface area contributed by atoms with Crippen molar-refractivity contribution in [2.45, 2.75) is 18.6 Å². The average molecular weight is 310 g/mol. The van der Waals surface area contributed by atoms with Crippen LogP contribution in [-0.2, 0) is 0 Å². The van der Waals surface area contributed by atoms with Gasteiger partial charge in [-0.25, -0.2) is 0 Å². The fraction of sp³-hybridized carbons (Fsp3) is 0.533. The summed E-state index contributed by atoms with van der Waals surface area (Å²) >= 11 is 3.95. The molecule has 1 amide bonds. The minimum Gasteiger partial charge on any atom is -0.384 e. The largest absolute Gasteiger partial charge is 0.384 e. The standard InChI is InChI=1S/C15H22N2OS2/c1-2-7-16-14-6-4-3-5-13(14)15(18)17-10-12-11-19-8-9-20-12/h3-6,12,16H,2,7-11H2,1H3,(H,17,18). The minimum atomic E-state index is 0.0281. The van der Waals surface area contributed by atoms with Crippen LogP contribution in [-0.4, -0.2) is 41.5 Å². The maximum atomic E-state index is 12.3. The molecule has 1 saturated heterocycles. The third-order valence-corrected chi connectivity index (χ3v) is 5.96. The van der Waals surface area contributed by atoms with Gasteiger partial charge in [0.25, 0.3) is 5.91 Å². The van der Waals surface area contributed by atoms with Gasteiger partial charge in [-0.2, -0.15) is 23.5 Å². The molecule has 1 aromatic rings. The van der Waals surface area contributed by atoms with Gasteiger partial charge < -0.3 is 10.6 Å². The first-order chi connectivity index (χ1) is 9.81. The van der Waals surface area contributed by atoms with Crippen LogP contribution < -0.4 is 10.6 Å². The summed E-state index contributed by atoms with van der Waals surface area (Å²) < 4.78 is 0. The fourth-order valence-electron chi connectivity index (χ4n) is 2.05. The third kappa shape index (κ3) is 4.63. The molecule has 0 aliphatic carbocycles. The summed E-state index contributed by atoms with van der Waals surface area (Å²) in [5.74, 6) is 3.60. The minimum absolute atomic E-state index is 0.0281. The topological polar surface area (TPSA) is 41.1 Å². The Bertz CT molecular complexity index is 434. The summed E-state index contributed by atoms with van der Waals surface area (Å²) in [7, 11) is 0. The Morgan fingerprint density at radius 3 is 2.95 bits per heavy atom. The van der Waals surface area contributed by atoms with Crippen LogP contribution >= 0.6 is 23.5 Å². The summed E-state index contributed by atoms with van der Waals surface area (Å²) in [5, 5.41) is 6.93. The molecule has 2 N–H and O–H groups in total. The zero-order chi connectivity index (χ0) is 14.2. The number of nitrogens with one attached hydrogen (secondary N) is 2. The van der Waals surface area contributed by atoms with Crippen molar-refractivity contribution in [1.29, 1.82) is 0 Å². The van der Waals surface area contributed by atoms with Crippen molar-refractivity contribution in [3.05, 3.63) is 29.8 Å². The third-order valence-electron chi connectivity index (χ3n) is 3.11. The molecule has 1 aromatic carbocycles. The number of thioether (sulfide) groups is 2. The second kappa shape index (κ2) is 8.47. The summed E-state index contributed by atoms with van der Waals surface area (Å²) in [6.07, 6.45) is 1.05. The second-order valence-electron chi connectivity index (χ2n) is 4.75. The van der Waals surface area contributed by atoms with Gasteiger partial charge in [-0.3, -0.25) is 4.79 Å². The number of carbonyl (C=O) groups is 1. The Morgan fingerprint density at radius 1 is 1.35 bits per heavy atom. The van der Waals surface area contributed by atoms with E-state index in [1.165, 1.54) is 11.5 Å². The normalized spacial score (nSPS) is 18.6. The van der Waals surface area contributed by atoms with Crippen LogP contribution in [0.15, 0.2) is 24.3 Å². The zero-order valence-corrected chi connectivity index (χ0v) is 13.5. The van der Waals surface area contributed by atoms with Crippen molar-refractivity contribution in [2.24, 2.45) is 0 Å². The lowest BCUT2D eigenvalue weighted by Gasteiger charge is -2.21. The lowest BCUT2D eigenvalue weighted by molar-refractivity contribution is 0.0955. The SMILES string of the molecule is CCCNc1ccccc1C(=O)NCC1CSCCS1. The molecule has 1 aliphatic heterocycles. The van der Waals surface area contributed by atoms with Gasteiger partial charge in [0.05, 0.1) is 5.56 Å². The highest BCUT2D eigenvalue weighted by Gasteiger charge is 2.16. The number of carbonyl (C=O) groups excluding carboxylic acids is 1. The van der Waals surface area contributed by atoms with E-state index < -0.39 is 0 Å². The first kappa shape index (κ1) is 15.6. The molecule has 0 bridgehead atoms. The van der Waals surface area contributed by atoms with Crippen molar-refractivity contribution in [2.75, 3.05) is 35.7 Å². The molecular weight excluding hydrogens is 288 g/mol. The van der Waals surface area contributed by atoms with Gasteiger partial charge in [-0.05, 0) is 18.6 Å². The van der Waals surface area contributed by atoms with E-state index in [1.54, 1.807) is 0 Å². The quantitative estimate of drug-likeness (QED) is 0.847. The van der Waals surface area contributed by atoms with E-state index in [2.05, 4.69) is 17.6 Å². The highest BCUT2D eigenvalue weighted by atomic mass is 32.2. The van der Waals surface area contributed by atoms with Crippen LogP contribution in [0.1, 0.15) is 23.7 Å². The summed E-state index contributed by atoms with van der Waals surface area (Å²) in [4.78, 5) is 12.3. The van der Waals surface area contributed by atoms with Gasteiger partial charge in [0, 0.05) is 41.3 Å². The number of hydrogen-bond acceptors (Lipinski definition) is 4. The Morgan fingerprint density at radius 2 is 2.20 bits per heavy atom.